The zero-order valence-corrected chi connectivity index (χ0v) is 19.9. The van der Waals surface area contributed by atoms with Crippen LogP contribution in [-0.2, 0) is 17.8 Å². The fourth-order valence-electron chi connectivity index (χ4n) is 3.93. The van der Waals surface area contributed by atoms with E-state index in [0.29, 0.717) is 45.6 Å². The predicted molar refractivity (Wildman–Crippen MR) is 136 cm³/mol. The summed E-state index contributed by atoms with van der Waals surface area (Å²) in [5, 5.41) is 12.3. The topological polar surface area (TPSA) is 144 Å². The van der Waals surface area contributed by atoms with Gasteiger partial charge in [0.25, 0.3) is 0 Å². The third kappa shape index (κ3) is 4.28. The van der Waals surface area contributed by atoms with Gasteiger partial charge in [-0.05, 0) is 31.5 Å². The molecule has 0 radical (unpaired) electrons. The van der Waals surface area contributed by atoms with E-state index in [2.05, 4.69) is 25.5 Å². The Bertz CT molecular complexity index is 1590. The van der Waals surface area contributed by atoms with Gasteiger partial charge in [-0.2, -0.15) is 0 Å². The molecule has 1 aromatic carbocycles. The van der Waals surface area contributed by atoms with Gasteiger partial charge < -0.3 is 20.6 Å². The van der Waals surface area contributed by atoms with Crippen molar-refractivity contribution in [2.45, 2.75) is 26.8 Å². The van der Waals surface area contributed by atoms with Crippen LogP contribution in [0, 0.1) is 6.92 Å². The maximum Gasteiger partial charge on any atom is 0.230 e. The molecular formula is C24H22N8O2S. The van der Waals surface area contributed by atoms with E-state index in [1.807, 2.05) is 48.7 Å². The molecule has 0 bridgehead atoms. The summed E-state index contributed by atoms with van der Waals surface area (Å²) >= 11 is 1.33. The molecule has 0 aliphatic heterocycles. The Balaban J connectivity index is 1.44. The lowest BCUT2D eigenvalue weighted by molar-refractivity contribution is -0.115. The average molecular weight is 487 g/mol. The Morgan fingerprint density at radius 2 is 1.97 bits per heavy atom. The van der Waals surface area contributed by atoms with Crippen molar-refractivity contribution in [3.63, 3.8) is 0 Å². The number of H-pyrrole nitrogens is 1. The third-order valence-corrected chi connectivity index (χ3v) is 6.34. The second kappa shape index (κ2) is 9.11. The highest BCUT2D eigenvalue weighted by Crippen LogP contribution is 2.26. The number of nitrogens with zero attached hydrogens (tertiary/aromatic N) is 5. The van der Waals surface area contributed by atoms with Crippen LogP contribution in [0.5, 0.6) is 0 Å². The molecule has 0 saturated heterocycles. The summed E-state index contributed by atoms with van der Waals surface area (Å²) in [4.78, 5) is 37.4. The first-order chi connectivity index (χ1) is 16.9. The lowest BCUT2D eigenvalue weighted by Gasteiger charge is -2.15. The highest BCUT2D eigenvalue weighted by molar-refractivity contribution is 7.15. The van der Waals surface area contributed by atoms with Gasteiger partial charge in [-0.1, -0.05) is 35.6 Å². The summed E-state index contributed by atoms with van der Waals surface area (Å²) in [6.07, 6.45) is 3.45. The normalized spacial score (nSPS) is 11.1. The molecule has 176 valence electrons. The van der Waals surface area contributed by atoms with Crippen molar-refractivity contribution in [3.05, 3.63) is 69.6 Å². The van der Waals surface area contributed by atoms with Crippen molar-refractivity contribution in [2.24, 2.45) is 0 Å². The maximum atomic E-state index is 13.2. The number of anilines is 2. The van der Waals surface area contributed by atoms with Crippen molar-refractivity contribution in [1.29, 1.82) is 0 Å². The van der Waals surface area contributed by atoms with Crippen molar-refractivity contribution in [1.82, 2.24) is 29.7 Å². The Morgan fingerprint density at radius 1 is 1.17 bits per heavy atom. The fourth-order valence-corrected chi connectivity index (χ4v) is 4.54. The molecule has 11 heteroatoms. The minimum Gasteiger partial charge on any atom is -0.384 e. The summed E-state index contributed by atoms with van der Waals surface area (Å²) in [6.45, 7) is 4.32. The number of fused-ring (bicyclic) bond motifs is 1. The monoisotopic (exact) mass is 486 g/mol. The van der Waals surface area contributed by atoms with Crippen LogP contribution in [0.3, 0.4) is 0 Å². The molecule has 0 aliphatic rings. The van der Waals surface area contributed by atoms with E-state index in [-0.39, 0.29) is 17.8 Å². The molecule has 1 amide bonds. The molecule has 4 heterocycles. The molecule has 0 unspecified atom stereocenters. The number of carbonyl (C=O) groups excluding carboxylic acids is 1. The Kier molecular flexibility index (Phi) is 5.83. The number of benzene rings is 1. The van der Waals surface area contributed by atoms with Gasteiger partial charge in [0.1, 0.15) is 27.9 Å². The van der Waals surface area contributed by atoms with E-state index in [4.69, 9.17) is 10.7 Å². The predicted octanol–water partition coefficient (Wildman–Crippen LogP) is 3.40. The molecule has 0 spiro atoms. The molecule has 4 N–H and O–H groups in total. The zero-order valence-electron chi connectivity index (χ0n) is 19.1. The molecule has 5 rings (SSSR count). The Labute approximate surface area is 203 Å². The van der Waals surface area contributed by atoms with Gasteiger partial charge in [-0.3, -0.25) is 9.59 Å². The highest BCUT2D eigenvalue weighted by Gasteiger charge is 2.19. The standard InChI is InChI=1S/C24H22N8O2S/c1-3-32-21(25)19(22-26-10-11-27-22)20(34)16-8-9-17(28-23(16)32)15-6-4-14(5-7-15)12-18(33)29-24-31-30-13(2)35-24/h4-11H,3,12,25H2,1-2H3,(H,26,27)(H,29,31,33). The van der Waals surface area contributed by atoms with Crippen LogP contribution in [-0.4, -0.2) is 35.6 Å². The van der Waals surface area contributed by atoms with E-state index >= 15 is 0 Å². The van der Waals surface area contributed by atoms with Crippen LogP contribution in [0.1, 0.15) is 17.5 Å². The first-order valence-corrected chi connectivity index (χ1v) is 11.8. The molecule has 35 heavy (non-hydrogen) atoms. The number of amides is 1. The van der Waals surface area contributed by atoms with Gasteiger partial charge in [-0.15, -0.1) is 10.2 Å². The number of carbonyl (C=O) groups is 1. The van der Waals surface area contributed by atoms with Crippen LogP contribution < -0.4 is 16.5 Å². The van der Waals surface area contributed by atoms with E-state index in [1.54, 1.807) is 18.5 Å². The summed E-state index contributed by atoms with van der Waals surface area (Å²) in [6, 6.07) is 11.2. The first-order valence-electron chi connectivity index (χ1n) is 11.0. The average Bonchev–Trinajstić information content (AvgIpc) is 3.51. The van der Waals surface area contributed by atoms with E-state index in [0.717, 1.165) is 16.1 Å². The largest absolute Gasteiger partial charge is 0.384 e. The van der Waals surface area contributed by atoms with Crippen LogP contribution >= 0.6 is 11.3 Å². The molecule has 4 aromatic heterocycles. The Hall–Kier alpha value is -4.38. The summed E-state index contributed by atoms with van der Waals surface area (Å²) in [7, 11) is 0. The van der Waals surface area contributed by atoms with Crippen LogP contribution in [0.15, 0.2) is 53.6 Å². The van der Waals surface area contributed by atoms with E-state index < -0.39 is 0 Å². The molecule has 5 aromatic rings. The number of imidazole rings is 1. The molecule has 0 aliphatic carbocycles. The van der Waals surface area contributed by atoms with Gasteiger partial charge in [0.05, 0.1) is 17.5 Å². The van der Waals surface area contributed by atoms with Crippen molar-refractivity contribution >= 4 is 39.2 Å². The van der Waals surface area contributed by atoms with Gasteiger partial charge in [0, 0.05) is 24.5 Å². The lowest BCUT2D eigenvalue weighted by Crippen LogP contribution is -2.18. The van der Waals surface area contributed by atoms with Crippen LogP contribution in [0.2, 0.25) is 0 Å². The molecule has 0 atom stereocenters. The third-order valence-electron chi connectivity index (χ3n) is 5.59. The van der Waals surface area contributed by atoms with Crippen molar-refractivity contribution in [2.75, 3.05) is 11.1 Å². The Morgan fingerprint density at radius 3 is 2.63 bits per heavy atom. The summed E-state index contributed by atoms with van der Waals surface area (Å²) in [5.41, 5.74) is 9.42. The number of hydrogen-bond acceptors (Lipinski definition) is 8. The molecule has 0 fully saturated rings. The number of rotatable bonds is 6. The number of hydrogen-bond donors (Lipinski definition) is 3. The lowest BCUT2D eigenvalue weighted by atomic mass is 10.1. The van der Waals surface area contributed by atoms with Gasteiger partial charge >= 0.3 is 0 Å². The van der Waals surface area contributed by atoms with Gasteiger partial charge in [0.15, 0.2) is 0 Å². The number of pyridine rings is 2. The number of nitrogen functional groups attached to an aromatic ring is 1. The number of nitrogens with one attached hydrogen (secondary N) is 2. The van der Waals surface area contributed by atoms with E-state index in [1.165, 1.54) is 11.3 Å². The minimum atomic E-state index is -0.219. The summed E-state index contributed by atoms with van der Waals surface area (Å²) < 4.78 is 1.81. The van der Waals surface area contributed by atoms with Crippen LogP contribution in [0.25, 0.3) is 33.7 Å². The maximum absolute atomic E-state index is 13.2. The summed E-state index contributed by atoms with van der Waals surface area (Å²) in [5.74, 6) is 0.589. The highest BCUT2D eigenvalue weighted by atomic mass is 32.1. The number of aromatic amines is 1. The van der Waals surface area contributed by atoms with Crippen LogP contribution in [0.4, 0.5) is 10.9 Å². The second-order valence-electron chi connectivity index (χ2n) is 7.89. The molecule has 0 saturated carbocycles. The zero-order chi connectivity index (χ0) is 24.5. The van der Waals surface area contributed by atoms with Gasteiger partial charge in [-0.25, -0.2) is 9.97 Å². The second-order valence-corrected chi connectivity index (χ2v) is 9.07. The fraction of sp³-hybridized carbons (Fsp3) is 0.167. The molecular weight excluding hydrogens is 464 g/mol. The first kappa shape index (κ1) is 22.4. The minimum absolute atomic E-state index is 0.160. The molecule has 10 nitrogen and oxygen atoms in total. The SMILES string of the molecule is CCn1c(N)c(-c2ncc[nH]2)c(=O)c2ccc(-c3ccc(CC(=O)Nc4nnc(C)s4)cc3)nc21. The number of aromatic nitrogens is 6. The van der Waals surface area contributed by atoms with Crippen molar-refractivity contribution < 1.29 is 4.79 Å². The number of aryl methyl sites for hydroxylation is 2. The van der Waals surface area contributed by atoms with Crippen molar-refractivity contribution in [3.8, 4) is 22.6 Å². The van der Waals surface area contributed by atoms with E-state index in [9.17, 15) is 9.59 Å². The number of nitrogens with two attached hydrogens (primary N) is 1. The quantitative estimate of drug-likeness (QED) is 0.334. The van der Waals surface area contributed by atoms with Gasteiger partial charge in [0.2, 0.25) is 16.5 Å². The smallest absolute Gasteiger partial charge is 0.230 e.